The highest BCUT2D eigenvalue weighted by molar-refractivity contribution is 9.09. The highest BCUT2D eigenvalue weighted by atomic mass is 79.9. The lowest BCUT2D eigenvalue weighted by Gasteiger charge is -2.60. The predicted molar refractivity (Wildman–Crippen MR) is 125 cm³/mol. The molecule has 5 rings (SSSR count). The average molecular weight is 498 g/mol. The number of hydrogen-bond acceptors (Lipinski definition) is 4. The molecular formula is C26H41BrO4. The second-order valence-corrected chi connectivity index (χ2v) is 12.3. The van der Waals surface area contributed by atoms with Gasteiger partial charge in [0.05, 0.1) is 33.0 Å². The van der Waals surface area contributed by atoms with Crippen molar-refractivity contribution in [3.8, 4) is 0 Å². The maximum absolute atomic E-state index is 6.11. The van der Waals surface area contributed by atoms with E-state index in [2.05, 4.69) is 35.9 Å². The van der Waals surface area contributed by atoms with E-state index >= 15 is 0 Å². The van der Waals surface area contributed by atoms with Crippen LogP contribution in [0.5, 0.6) is 0 Å². The lowest BCUT2D eigenvalue weighted by molar-refractivity contribution is -0.185. The predicted octanol–water partition coefficient (Wildman–Crippen LogP) is 5.74. The third-order valence-electron chi connectivity index (χ3n) is 10.0. The Bertz CT molecular complexity index is 689. The summed E-state index contributed by atoms with van der Waals surface area (Å²) in [6, 6.07) is 0. The molecule has 1 heterocycles. The van der Waals surface area contributed by atoms with Gasteiger partial charge < -0.3 is 18.9 Å². The Balaban J connectivity index is 1.32. The molecule has 176 valence electrons. The number of hydrogen-bond donors (Lipinski definition) is 0. The van der Waals surface area contributed by atoms with Crippen molar-refractivity contribution in [3.05, 3.63) is 11.6 Å². The van der Waals surface area contributed by atoms with Crippen LogP contribution in [0.25, 0.3) is 0 Å². The van der Waals surface area contributed by atoms with Crippen LogP contribution in [0.2, 0.25) is 0 Å². The first-order valence-electron chi connectivity index (χ1n) is 12.7. The molecule has 1 saturated heterocycles. The Labute approximate surface area is 196 Å². The number of alkyl halides is 1. The zero-order valence-corrected chi connectivity index (χ0v) is 21.3. The minimum Gasteiger partial charge on any atom is -0.379 e. The van der Waals surface area contributed by atoms with E-state index in [0.717, 1.165) is 70.2 Å². The van der Waals surface area contributed by atoms with Crippen molar-refractivity contribution in [2.24, 2.45) is 34.5 Å². The summed E-state index contributed by atoms with van der Waals surface area (Å²) in [5.41, 5.74) is 2.32. The fraction of sp³-hybridized carbons (Fsp3) is 0.923. The largest absolute Gasteiger partial charge is 0.379 e. The third kappa shape index (κ3) is 3.79. The van der Waals surface area contributed by atoms with E-state index in [-0.39, 0.29) is 5.79 Å². The quantitative estimate of drug-likeness (QED) is 0.267. The molecule has 31 heavy (non-hydrogen) atoms. The standard InChI is InChI=1S/C26H41BrO4/c1-4-28-11-12-29-17-18-5-6-20-23-21(7-8-24(18,20)2)25(3)9-10-26(30-13-14-31-26)16-19(25)15-22(23)27/h15,18,20-23H,4-14,16-17H2,1-3H3/t18?,20-,21-,22?,23-,24+,25-/m0/s1. The molecule has 1 aliphatic heterocycles. The van der Waals surface area contributed by atoms with Gasteiger partial charge >= 0.3 is 0 Å². The van der Waals surface area contributed by atoms with Crippen molar-refractivity contribution in [1.82, 2.24) is 0 Å². The molecule has 3 saturated carbocycles. The molecule has 0 aromatic heterocycles. The first kappa shape index (κ1) is 22.8. The highest BCUT2D eigenvalue weighted by Gasteiger charge is 2.61. The number of rotatable bonds is 6. The van der Waals surface area contributed by atoms with E-state index in [9.17, 15) is 0 Å². The maximum atomic E-state index is 6.11. The van der Waals surface area contributed by atoms with Crippen molar-refractivity contribution in [2.45, 2.75) is 76.3 Å². The van der Waals surface area contributed by atoms with Crippen LogP contribution in [0.1, 0.15) is 65.7 Å². The lowest BCUT2D eigenvalue weighted by atomic mass is 9.47. The number of ether oxygens (including phenoxy) is 4. The molecule has 1 spiro atoms. The minimum atomic E-state index is -0.328. The van der Waals surface area contributed by atoms with Crippen LogP contribution in [-0.2, 0) is 18.9 Å². The SMILES string of the molecule is CCOCCOCC1CC[C@H]2[C@@H]3C(Br)C=C4CC5(CC[C@]4(C)[C@H]3CC[C@]12C)OCCO5. The van der Waals surface area contributed by atoms with Crippen molar-refractivity contribution >= 4 is 15.9 Å². The average Bonchev–Trinajstić information content (AvgIpc) is 3.34. The molecule has 0 amide bonds. The Kier molecular flexibility index (Phi) is 6.40. The van der Waals surface area contributed by atoms with Crippen molar-refractivity contribution in [3.63, 3.8) is 0 Å². The first-order chi connectivity index (χ1) is 14.9. The lowest BCUT2D eigenvalue weighted by Crippen LogP contribution is -2.55. The van der Waals surface area contributed by atoms with Gasteiger partial charge in [-0.15, -0.1) is 0 Å². The summed E-state index contributed by atoms with van der Waals surface area (Å²) in [6.07, 6.45) is 11.2. The minimum absolute atomic E-state index is 0.308. The molecule has 2 unspecified atom stereocenters. The summed E-state index contributed by atoms with van der Waals surface area (Å²) in [7, 11) is 0. The third-order valence-corrected chi connectivity index (χ3v) is 10.9. The van der Waals surface area contributed by atoms with Crippen molar-refractivity contribution in [2.75, 3.05) is 39.6 Å². The van der Waals surface area contributed by atoms with Gasteiger partial charge in [-0.05, 0) is 73.5 Å². The van der Waals surface area contributed by atoms with E-state index in [1.807, 2.05) is 6.92 Å². The summed E-state index contributed by atoms with van der Waals surface area (Å²) in [5.74, 6) is 2.66. The molecule has 0 aromatic carbocycles. The zero-order chi connectivity index (χ0) is 21.7. The molecule has 0 N–H and O–H groups in total. The Morgan fingerprint density at radius 3 is 2.55 bits per heavy atom. The van der Waals surface area contributed by atoms with Gasteiger partial charge in [0.25, 0.3) is 0 Å². The topological polar surface area (TPSA) is 36.9 Å². The second kappa shape index (κ2) is 8.69. The normalized spacial score (nSPS) is 45.8. The molecule has 0 bridgehead atoms. The monoisotopic (exact) mass is 496 g/mol. The van der Waals surface area contributed by atoms with Gasteiger partial charge in [-0.25, -0.2) is 0 Å². The van der Waals surface area contributed by atoms with E-state index < -0.39 is 0 Å². The van der Waals surface area contributed by atoms with Gasteiger partial charge in [-0.3, -0.25) is 0 Å². The van der Waals surface area contributed by atoms with Crippen LogP contribution < -0.4 is 0 Å². The van der Waals surface area contributed by atoms with E-state index in [4.69, 9.17) is 18.9 Å². The van der Waals surface area contributed by atoms with E-state index in [1.165, 1.54) is 32.1 Å². The van der Waals surface area contributed by atoms with Gasteiger partial charge in [0.15, 0.2) is 5.79 Å². The molecule has 5 aliphatic rings. The fourth-order valence-electron chi connectivity index (χ4n) is 8.16. The van der Waals surface area contributed by atoms with Gasteiger partial charge in [-0.1, -0.05) is 41.4 Å². The van der Waals surface area contributed by atoms with Crippen LogP contribution in [0.3, 0.4) is 0 Å². The van der Waals surface area contributed by atoms with E-state index in [0.29, 0.717) is 21.6 Å². The summed E-state index contributed by atoms with van der Waals surface area (Å²) >= 11 is 4.17. The van der Waals surface area contributed by atoms with Crippen molar-refractivity contribution < 1.29 is 18.9 Å². The van der Waals surface area contributed by atoms with Crippen LogP contribution >= 0.6 is 15.9 Å². The van der Waals surface area contributed by atoms with Crippen LogP contribution in [0.4, 0.5) is 0 Å². The molecule has 0 aromatic rings. The molecular weight excluding hydrogens is 456 g/mol. The number of halogens is 1. The first-order valence-corrected chi connectivity index (χ1v) is 13.6. The van der Waals surface area contributed by atoms with Gasteiger partial charge in [0, 0.05) is 24.3 Å². The van der Waals surface area contributed by atoms with Crippen LogP contribution in [0, 0.1) is 34.5 Å². The fourth-order valence-corrected chi connectivity index (χ4v) is 9.22. The molecule has 7 atom stereocenters. The smallest absolute Gasteiger partial charge is 0.172 e. The van der Waals surface area contributed by atoms with Gasteiger partial charge in [-0.2, -0.15) is 0 Å². The van der Waals surface area contributed by atoms with Crippen LogP contribution in [0.15, 0.2) is 11.6 Å². The van der Waals surface area contributed by atoms with E-state index in [1.54, 1.807) is 5.57 Å². The van der Waals surface area contributed by atoms with Gasteiger partial charge in [0.1, 0.15) is 0 Å². The summed E-state index contributed by atoms with van der Waals surface area (Å²) in [5, 5.41) is 0. The maximum Gasteiger partial charge on any atom is 0.172 e. The van der Waals surface area contributed by atoms with Gasteiger partial charge in [0.2, 0.25) is 0 Å². The molecule has 4 aliphatic carbocycles. The number of allylic oxidation sites excluding steroid dienone is 1. The van der Waals surface area contributed by atoms with Crippen LogP contribution in [-0.4, -0.2) is 50.3 Å². The summed E-state index contributed by atoms with van der Waals surface area (Å²) < 4.78 is 23.7. The summed E-state index contributed by atoms with van der Waals surface area (Å²) in [6.45, 7) is 11.8. The second-order valence-electron chi connectivity index (χ2n) is 11.2. The molecule has 5 heteroatoms. The highest BCUT2D eigenvalue weighted by Crippen LogP contribution is 2.67. The Hall–Kier alpha value is 0.0600. The van der Waals surface area contributed by atoms with Crippen molar-refractivity contribution in [1.29, 1.82) is 0 Å². The Morgan fingerprint density at radius 1 is 1.00 bits per heavy atom. The molecule has 0 radical (unpaired) electrons. The molecule has 4 fully saturated rings. The summed E-state index contributed by atoms with van der Waals surface area (Å²) in [4.78, 5) is 0.472. The zero-order valence-electron chi connectivity index (χ0n) is 19.7. The Morgan fingerprint density at radius 2 is 1.77 bits per heavy atom. The molecule has 4 nitrogen and oxygen atoms in total. The number of fused-ring (bicyclic) bond motifs is 5.